The lowest BCUT2D eigenvalue weighted by Crippen LogP contribution is -2.44. The van der Waals surface area contributed by atoms with Crippen molar-refractivity contribution < 1.29 is 0 Å². The van der Waals surface area contributed by atoms with Crippen molar-refractivity contribution >= 4 is 15.9 Å². The van der Waals surface area contributed by atoms with Crippen LogP contribution in [0.5, 0.6) is 0 Å². The molecule has 1 aliphatic rings. The first-order valence-corrected chi connectivity index (χ1v) is 8.15. The topological polar surface area (TPSA) is 29.3 Å². The lowest BCUT2D eigenvalue weighted by Gasteiger charge is -2.38. The van der Waals surface area contributed by atoms with Gasteiger partial charge in [0.15, 0.2) is 0 Å². The summed E-state index contributed by atoms with van der Waals surface area (Å²) < 4.78 is 1.14. The van der Waals surface area contributed by atoms with Crippen LogP contribution in [0.2, 0.25) is 0 Å². The van der Waals surface area contributed by atoms with Crippen molar-refractivity contribution in [2.45, 2.75) is 57.7 Å². The van der Waals surface area contributed by atoms with E-state index in [9.17, 15) is 0 Å². The van der Waals surface area contributed by atoms with Gasteiger partial charge in [0.1, 0.15) is 0 Å². The second-order valence-corrected chi connectivity index (χ2v) is 6.71. The van der Waals surface area contributed by atoms with E-state index in [1.54, 1.807) is 0 Å². The molecule has 19 heavy (non-hydrogen) atoms. The van der Waals surface area contributed by atoms with Gasteiger partial charge in [0.05, 0.1) is 0 Å². The molecule has 1 saturated heterocycles. The Hall–Kier alpha value is -0.380. The molecule has 1 fully saturated rings. The molecule has 0 saturated carbocycles. The monoisotopic (exact) mass is 324 g/mol. The summed E-state index contributed by atoms with van der Waals surface area (Å²) in [5.41, 5.74) is 7.64. The van der Waals surface area contributed by atoms with Gasteiger partial charge in [0.25, 0.3) is 0 Å². The number of benzene rings is 1. The molecule has 106 valence electrons. The van der Waals surface area contributed by atoms with Crippen LogP contribution in [0, 0.1) is 0 Å². The lowest BCUT2D eigenvalue weighted by molar-refractivity contribution is 0.130. The van der Waals surface area contributed by atoms with E-state index in [4.69, 9.17) is 5.73 Å². The summed E-state index contributed by atoms with van der Waals surface area (Å²) in [5.74, 6) is 0. The van der Waals surface area contributed by atoms with E-state index >= 15 is 0 Å². The molecule has 1 aliphatic heterocycles. The van der Waals surface area contributed by atoms with Crippen molar-refractivity contribution in [3.05, 3.63) is 34.3 Å². The third-order valence-electron chi connectivity index (χ3n) is 4.15. The third kappa shape index (κ3) is 3.80. The number of likely N-dealkylation sites (tertiary alicyclic amines) is 1. The van der Waals surface area contributed by atoms with Crippen molar-refractivity contribution in [2.75, 3.05) is 6.54 Å². The molecule has 2 nitrogen and oxygen atoms in total. The first-order valence-electron chi connectivity index (χ1n) is 7.36. The van der Waals surface area contributed by atoms with Crippen LogP contribution in [0.25, 0.3) is 0 Å². The van der Waals surface area contributed by atoms with E-state index < -0.39 is 0 Å². The molecule has 2 rings (SSSR count). The Balaban J connectivity index is 2.28. The molecule has 1 heterocycles. The minimum Gasteiger partial charge on any atom is -0.326 e. The number of hydrogen-bond donors (Lipinski definition) is 1. The average molecular weight is 325 g/mol. The van der Waals surface area contributed by atoms with Crippen LogP contribution in [-0.2, 0) is 0 Å². The SMILES string of the molecule is CC(N)C(c1cccc(Br)c1)N1CCCCCC1C. The summed E-state index contributed by atoms with van der Waals surface area (Å²) >= 11 is 3.57. The molecule has 0 bridgehead atoms. The molecule has 0 spiro atoms. The zero-order valence-corrected chi connectivity index (χ0v) is 13.6. The molecule has 1 aromatic carbocycles. The molecule has 0 radical (unpaired) electrons. The van der Waals surface area contributed by atoms with Gasteiger partial charge in [-0.1, -0.05) is 40.9 Å². The Morgan fingerprint density at radius 2 is 2.11 bits per heavy atom. The normalized spacial score (nSPS) is 24.7. The molecule has 0 amide bonds. The van der Waals surface area contributed by atoms with E-state index in [1.807, 2.05) is 0 Å². The maximum Gasteiger partial charge on any atom is 0.0499 e. The van der Waals surface area contributed by atoms with Crippen molar-refractivity contribution in [1.82, 2.24) is 4.90 Å². The summed E-state index contributed by atoms with van der Waals surface area (Å²) in [6.07, 6.45) is 5.28. The van der Waals surface area contributed by atoms with E-state index in [2.05, 4.69) is 58.9 Å². The molecule has 3 unspecified atom stereocenters. The predicted molar refractivity (Wildman–Crippen MR) is 85.2 cm³/mol. The van der Waals surface area contributed by atoms with Crippen molar-refractivity contribution in [1.29, 1.82) is 0 Å². The molecular weight excluding hydrogens is 300 g/mol. The summed E-state index contributed by atoms with van der Waals surface area (Å²) in [5, 5.41) is 0. The van der Waals surface area contributed by atoms with Crippen LogP contribution in [0.3, 0.4) is 0 Å². The van der Waals surface area contributed by atoms with E-state index in [0.717, 1.165) is 4.47 Å². The predicted octanol–water partition coefficient (Wildman–Crippen LogP) is 4.10. The minimum absolute atomic E-state index is 0.148. The van der Waals surface area contributed by atoms with Gasteiger partial charge < -0.3 is 5.73 Å². The lowest BCUT2D eigenvalue weighted by atomic mass is 9.97. The fraction of sp³-hybridized carbons (Fsp3) is 0.625. The van der Waals surface area contributed by atoms with Gasteiger partial charge in [0, 0.05) is 22.6 Å². The average Bonchev–Trinajstić information content (AvgIpc) is 2.55. The fourth-order valence-electron chi connectivity index (χ4n) is 3.20. The molecular formula is C16H25BrN2. The smallest absolute Gasteiger partial charge is 0.0499 e. The Morgan fingerprint density at radius 1 is 1.32 bits per heavy atom. The molecule has 0 aliphatic carbocycles. The Kier molecular flexibility index (Phi) is 5.43. The number of nitrogens with two attached hydrogens (primary N) is 1. The van der Waals surface area contributed by atoms with Gasteiger partial charge in [-0.3, -0.25) is 4.90 Å². The number of nitrogens with zero attached hydrogens (tertiary/aromatic N) is 1. The van der Waals surface area contributed by atoms with E-state index in [-0.39, 0.29) is 6.04 Å². The fourth-order valence-corrected chi connectivity index (χ4v) is 3.61. The van der Waals surface area contributed by atoms with Crippen LogP contribution in [0.1, 0.15) is 51.1 Å². The largest absolute Gasteiger partial charge is 0.326 e. The van der Waals surface area contributed by atoms with E-state index in [1.165, 1.54) is 37.8 Å². The highest BCUT2D eigenvalue weighted by Gasteiger charge is 2.28. The zero-order chi connectivity index (χ0) is 13.8. The van der Waals surface area contributed by atoms with Gasteiger partial charge in [0.2, 0.25) is 0 Å². The highest BCUT2D eigenvalue weighted by Crippen LogP contribution is 2.31. The maximum absolute atomic E-state index is 6.31. The van der Waals surface area contributed by atoms with Crippen LogP contribution in [0.15, 0.2) is 28.7 Å². The van der Waals surface area contributed by atoms with Gasteiger partial charge in [-0.25, -0.2) is 0 Å². The number of halogens is 1. The molecule has 0 aromatic heterocycles. The standard InChI is InChI=1S/C16H25BrN2/c1-12-7-4-3-5-10-19(12)16(13(2)18)14-8-6-9-15(17)11-14/h6,8-9,11-13,16H,3-5,7,10,18H2,1-2H3. The molecule has 3 atom stereocenters. The van der Waals surface area contributed by atoms with Gasteiger partial charge in [-0.2, -0.15) is 0 Å². The van der Waals surface area contributed by atoms with Crippen LogP contribution >= 0.6 is 15.9 Å². The quantitative estimate of drug-likeness (QED) is 0.906. The first kappa shape index (κ1) is 15.0. The Bertz CT molecular complexity index is 405. The van der Waals surface area contributed by atoms with Crippen molar-refractivity contribution in [3.63, 3.8) is 0 Å². The second kappa shape index (κ2) is 6.87. The molecule has 3 heteroatoms. The Labute approximate surface area is 125 Å². The van der Waals surface area contributed by atoms with Crippen LogP contribution in [-0.4, -0.2) is 23.5 Å². The summed E-state index contributed by atoms with van der Waals surface area (Å²) in [6.45, 7) is 5.64. The van der Waals surface area contributed by atoms with Crippen LogP contribution < -0.4 is 5.73 Å². The summed E-state index contributed by atoms with van der Waals surface area (Å²) in [6, 6.07) is 9.70. The highest BCUT2D eigenvalue weighted by molar-refractivity contribution is 9.10. The maximum atomic E-state index is 6.31. The van der Waals surface area contributed by atoms with Crippen molar-refractivity contribution in [2.24, 2.45) is 5.73 Å². The summed E-state index contributed by atoms with van der Waals surface area (Å²) in [7, 11) is 0. The molecule has 1 aromatic rings. The van der Waals surface area contributed by atoms with Gasteiger partial charge in [-0.05, 0) is 50.9 Å². The first-order chi connectivity index (χ1) is 9.09. The third-order valence-corrected chi connectivity index (χ3v) is 4.64. The molecule has 2 N–H and O–H groups in total. The highest BCUT2D eigenvalue weighted by atomic mass is 79.9. The Morgan fingerprint density at radius 3 is 2.79 bits per heavy atom. The number of hydrogen-bond acceptors (Lipinski definition) is 2. The number of rotatable bonds is 3. The zero-order valence-electron chi connectivity index (χ0n) is 12.0. The van der Waals surface area contributed by atoms with Gasteiger partial charge >= 0.3 is 0 Å². The van der Waals surface area contributed by atoms with E-state index in [0.29, 0.717) is 12.1 Å². The van der Waals surface area contributed by atoms with Crippen molar-refractivity contribution in [3.8, 4) is 0 Å². The second-order valence-electron chi connectivity index (χ2n) is 5.80. The van der Waals surface area contributed by atoms with Crippen LogP contribution in [0.4, 0.5) is 0 Å². The van der Waals surface area contributed by atoms with Gasteiger partial charge in [-0.15, -0.1) is 0 Å². The summed E-state index contributed by atoms with van der Waals surface area (Å²) in [4.78, 5) is 2.61. The minimum atomic E-state index is 0.148.